The average Bonchev–Trinajstić information content (AvgIpc) is 3.26. The molecule has 1 aliphatic carbocycles. The first-order chi connectivity index (χ1) is 11.9. The van der Waals surface area contributed by atoms with Crippen molar-refractivity contribution in [2.24, 2.45) is 0 Å². The van der Waals surface area contributed by atoms with Crippen molar-refractivity contribution < 1.29 is 12.8 Å². The normalized spacial score (nSPS) is 16.2. The molecule has 1 fully saturated rings. The van der Waals surface area contributed by atoms with Gasteiger partial charge in [-0.25, -0.2) is 17.5 Å². The maximum Gasteiger partial charge on any atom is 0.240 e. The molecule has 1 saturated carbocycles. The van der Waals surface area contributed by atoms with E-state index in [4.69, 9.17) is 0 Å². The van der Waals surface area contributed by atoms with E-state index in [9.17, 15) is 12.8 Å². The summed E-state index contributed by atoms with van der Waals surface area (Å²) in [5.41, 5.74) is 2.30. The second kappa shape index (κ2) is 5.68. The molecule has 0 saturated heterocycles. The van der Waals surface area contributed by atoms with Gasteiger partial charge in [-0.1, -0.05) is 18.2 Å². The number of aromatic amines is 1. The highest BCUT2D eigenvalue weighted by Gasteiger charge is 2.46. The first-order valence-electron chi connectivity index (χ1n) is 8.24. The summed E-state index contributed by atoms with van der Waals surface area (Å²) < 4.78 is 41.6. The molecule has 6 heteroatoms. The number of sulfonamides is 1. The number of nitrogens with one attached hydrogen (secondary N) is 2. The Balaban J connectivity index is 1.62. The zero-order valence-corrected chi connectivity index (χ0v) is 14.7. The first kappa shape index (κ1) is 16.3. The second-order valence-corrected chi connectivity index (χ2v) is 8.50. The Hall–Kier alpha value is -2.18. The summed E-state index contributed by atoms with van der Waals surface area (Å²) in [4.78, 5) is 3.46. The lowest BCUT2D eigenvalue weighted by molar-refractivity contribution is 0.567. The van der Waals surface area contributed by atoms with Crippen LogP contribution in [0.3, 0.4) is 0 Å². The number of hydrogen-bond acceptors (Lipinski definition) is 2. The number of H-pyrrole nitrogens is 1. The molecular formula is C19H19FN2O2S. The molecule has 1 aromatic heterocycles. The van der Waals surface area contributed by atoms with Gasteiger partial charge in [0.1, 0.15) is 5.82 Å². The van der Waals surface area contributed by atoms with Crippen LogP contribution in [0, 0.1) is 12.7 Å². The molecule has 0 amide bonds. The highest BCUT2D eigenvalue weighted by Crippen LogP contribution is 2.50. The minimum Gasteiger partial charge on any atom is -0.361 e. The summed E-state index contributed by atoms with van der Waals surface area (Å²) in [6, 6.07) is 11.6. The predicted octanol–water partition coefficient (Wildman–Crippen LogP) is 3.63. The van der Waals surface area contributed by atoms with Crippen LogP contribution >= 0.6 is 0 Å². The Morgan fingerprint density at radius 1 is 1.20 bits per heavy atom. The number of halogens is 1. The third kappa shape index (κ3) is 2.85. The van der Waals surface area contributed by atoms with Gasteiger partial charge < -0.3 is 4.98 Å². The fraction of sp³-hybridized carbons (Fsp3) is 0.263. The van der Waals surface area contributed by atoms with Crippen molar-refractivity contribution in [3.05, 3.63) is 65.6 Å². The van der Waals surface area contributed by atoms with Crippen molar-refractivity contribution in [3.63, 3.8) is 0 Å². The topological polar surface area (TPSA) is 62.0 Å². The molecule has 0 unspecified atom stereocenters. The minimum absolute atomic E-state index is 0.262. The van der Waals surface area contributed by atoms with Crippen molar-refractivity contribution in [1.29, 1.82) is 0 Å². The number of rotatable bonds is 5. The highest BCUT2D eigenvalue weighted by molar-refractivity contribution is 7.89. The van der Waals surface area contributed by atoms with Crippen LogP contribution in [0.1, 0.15) is 24.0 Å². The van der Waals surface area contributed by atoms with E-state index in [1.54, 1.807) is 31.2 Å². The average molecular weight is 358 g/mol. The van der Waals surface area contributed by atoms with E-state index in [2.05, 4.69) is 9.71 Å². The van der Waals surface area contributed by atoms with Crippen LogP contribution in [0.2, 0.25) is 0 Å². The molecule has 0 atom stereocenters. The predicted molar refractivity (Wildman–Crippen MR) is 95.5 cm³/mol. The fourth-order valence-corrected chi connectivity index (χ4v) is 4.76. The smallest absolute Gasteiger partial charge is 0.240 e. The van der Waals surface area contributed by atoms with E-state index in [-0.39, 0.29) is 11.2 Å². The molecule has 4 rings (SSSR count). The van der Waals surface area contributed by atoms with Crippen LogP contribution in [-0.2, 0) is 15.4 Å². The van der Waals surface area contributed by atoms with Gasteiger partial charge in [-0.3, -0.25) is 0 Å². The monoisotopic (exact) mass is 358 g/mol. The van der Waals surface area contributed by atoms with Gasteiger partial charge in [-0.2, -0.15) is 0 Å². The van der Waals surface area contributed by atoms with Crippen molar-refractivity contribution in [2.45, 2.75) is 30.1 Å². The van der Waals surface area contributed by atoms with Gasteiger partial charge in [-0.05, 0) is 55.2 Å². The lowest BCUT2D eigenvalue weighted by Crippen LogP contribution is -2.32. The maximum absolute atomic E-state index is 13.6. The van der Waals surface area contributed by atoms with E-state index in [0.717, 1.165) is 29.3 Å². The molecule has 0 bridgehead atoms. The third-order valence-corrected chi connectivity index (χ3v) is 6.61. The summed E-state index contributed by atoms with van der Waals surface area (Å²) in [5, 5.41) is 0.826. The lowest BCUT2D eigenvalue weighted by Gasteiger charge is -2.16. The highest BCUT2D eigenvalue weighted by atomic mass is 32.2. The molecule has 1 aliphatic rings. The summed E-state index contributed by atoms with van der Waals surface area (Å²) in [6.45, 7) is 2.09. The zero-order valence-electron chi connectivity index (χ0n) is 13.8. The number of aryl methyl sites for hydroxylation is 1. The molecule has 3 aromatic rings. The van der Waals surface area contributed by atoms with E-state index in [1.165, 1.54) is 12.1 Å². The van der Waals surface area contributed by atoms with Gasteiger partial charge in [0.2, 0.25) is 10.0 Å². The molecule has 1 heterocycles. The molecule has 4 nitrogen and oxygen atoms in total. The Labute approximate surface area is 146 Å². The van der Waals surface area contributed by atoms with Gasteiger partial charge in [0, 0.05) is 29.1 Å². The standard InChI is InChI=1S/C19H19FN2O2S/c1-13-4-2-3-5-18(13)25(23,24)22-12-19(8-9-19)16-11-21-17-7-6-14(20)10-15(16)17/h2-7,10-11,21-22H,8-9,12H2,1H3. The van der Waals surface area contributed by atoms with Crippen LogP contribution in [-0.4, -0.2) is 19.9 Å². The minimum atomic E-state index is -3.57. The van der Waals surface area contributed by atoms with Crippen LogP contribution in [0.4, 0.5) is 4.39 Å². The largest absolute Gasteiger partial charge is 0.361 e. The van der Waals surface area contributed by atoms with Crippen molar-refractivity contribution in [3.8, 4) is 0 Å². The van der Waals surface area contributed by atoms with Crippen LogP contribution in [0.15, 0.2) is 53.6 Å². The van der Waals surface area contributed by atoms with E-state index in [0.29, 0.717) is 17.0 Å². The first-order valence-corrected chi connectivity index (χ1v) is 9.72. The van der Waals surface area contributed by atoms with E-state index < -0.39 is 10.0 Å². The molecule has 130 valence electrons. The number of aromatic nitrogens is 1. The Morgan fingerprint density at radius 3 is 2.68 bits per heavy atom. The maximum atomic E-state index is 13.6. The summed E-state index contributed by atoms with van der Waals surface area (Å²) in [7, 11) is -3.57. The quantitative estimate of drug-likeness (QED) is 0.732. The van der Waals surface area contributed by atoms with Gasteiger partial charge in [0.15, 0.2) is 0 Å². The number of benzene rings is 2. The molecule has 25 heavy (non-hydrogen) atoms. The Bertz CT molecular complexity index is 1050. The van der Waals surface area contributed by atoms with Gasteiger partial charge in [-0.15, -0.1) is 0 Å². The molecule has 2 aromatic carbocycles. The van der Waals surface area contributed by atoms with Crippen LogP contribution in [0.25, 0.3) is 10.9 Å². The SMILES string of the molecule is Cc1ccccc1S(=O)(=O)NCC1(c2c[nH]c3ccc(F)cc23)CC1. The van der Waals surface area contributed by atoms with Gasteiger partial charge in [0.05, 0.1) is 4.90 Å². The molecule has 0 spiro atoms. The number of hydrogen-bond donors (Lipinski definition) is 2. The van der Waals surface area contributed by atoms with E-state index >= 15 is 0 Å². The molecule has 0 radical (unpaired) electrons. The van der Waals surface area contributed by atoms with E-state index in [1.807, 2.05) is 12.3 Å². The van der Waals surface area contributed by atoms with Crippen LogP contribution in [0.5, 0.6) is 0 Å². The van der Waals surface area contributed by atoms with Crippen molar-refractivity contribution in [2.75, 3.05) is 6.54 Å². The summed E-state index contributed by atoms with van der Waals surface area (Å²) >= 11 is 0. The zero-order chi connectivity index (χ0) is 17.7. The lowest BCUT2D eigenvalue weighted by atomic mass is 9.96. The Morgan fingerprint density at radius 2 is 1.96 bits per heavy atom. The van der Waals surface area contributed by atoms with Crippen LogP contribution < -0.4 is 4.72 Å². The summed E-state index contributed by atoms with van der Waals surface area (Å²) in [5.74, 6) is -0.287. The number of fused-ring (bicyclic) bond motifs is 1. The van der Waals surface area contributed by atoms with Gasteiger partial charge in [0.25, 0.3) is 0 Å². The third-order valence-electron chi connectivity index (χ3n) is 5.05. The molecule has 0 aliphatic heterocycles. The molecular weight excluding hydrogens is 339 g/mol. The van der Waals surface area contributed by atoms with Gasteiger partial charge >= 0.3 is 0 Å². The van der Waals surface area contributed by atoms with Crippen molar-refractivity contribution in [1.82, 2.24) is 9.71 Å². The molecule has 2 N–H and O–H groups in total. The Kier molecular flexibility index (Phi) is 3.70. The summed E-state index contributed by atoms with van der Waals surface area (Å²) in [6.07, 6.45) is 3.64. The fourth-order valence-electron chi connectivity index (χ4n) is 3.39. The second-order valence-electron chi connectivity index (χ2n) is 6.76. The van der Waals surface area contributed by atoms with Crippen molar-refractivity contribution >= 4 is 20.9 Å².